The maximum atomic E-state index is 11.7. The lowest BCUT2D eigenvalue weighted by atomic mass is 10.2. The van der Waals surface area contributed by atoms with Crippen molar-refractivity contribution in [1.82, 2.24) is 5.32 Å². The third-order valence-electron chi connectivity index (χ3n) is 2.55. The number of nitrogens with one attached hydrogen (secondary N) is 2. The van der Waals surface area contributed by atoms with E-state index in [0.29, 0.717) is 13.2 Å². The molecule has 2 N–H and O–H groups in total. The van der Waals surface area contributed by atoms with Gasteiger partial charge in [-0.2, -0.15) is 0 Å². The van der Waals surface area contributed by atoms with E-state index in [2.05, 4.69) is 26.6 Å². The van der Waals surface area contributed by atoms with E-state index in [1.807, 2.05) is 32.0 Å². The van der Waals surface area contributed by atoms with Crippen LogP contribution in [0.3, 0.4) is 0 Å². The summed E-state index contributed by atoms with van der Waals surface area (Å²) in [6, 6.07) is 5.64. The van der Waals surface area contributed by atoms with Crippen LogP contribution in [0.25, 0.3) is 0 Å². The number of aryl methyl sites for hydroxylation is 1. The average Bonchev–Trinajstić information content (AvgIpc) is 2.34. The van der Waals surface area contributed by atoms with Gasteiger partial charge in [-0.1, -0.05) is 22.0 Å². The highest BCUT2D eigenvalue weighted by molar-refractivity contribution is 9.10. The van der Waals surface area contributed by atoms with E-state index < -0.39 is 0 Å². The van der Waals surface area contributed by atoms with Crippen LogP contribution >= 0.6 is 15.9 Å². The van der Waals surface area contributed by atoms with Crippen molar-refractivity contribution in [3.63, 3.8) is 0 Å². The zero-order valence-electron chi connectivity index (χ0n) is 10.9. The van der Waals surface area contributed by atoms with Crippen molar-refractivity contribution in [2.75, 3.05) is 25.6 Å². The van der Waals surface area contributed by atoms with Crippen LogP contribution in [-0.4, -0.2) is 32.2 Å². The lowest BCUT2D eigenvalue weighted by molar-refractivity contribution is -0.121. The van der Waals surface area contributed by atoms with Crippen LogP contribution in [-0.2, 0) is 9.53 Å². The molecule has 1 aromatic carbocycles. The number of halogens is 1. The smallest absolute Gasteiger partial charge is 0.242 e. The summed E-state index contributed by atoms with van der Waals surface area (Å²) < 4.78 is 5.91. The molecule has 0 aromatic heterocycles. The molecule has 1 atom stereocenters. The summed E-state index contributed by atoms with van der Waals surface area (Å²) in [5.74, 6) is -0.0382. The van der Waals surface area contributed by atoms with E-state index >= 15 is 0 Å². The second-order valence-electron chi connectivity index (χ2n) is 4.11. The predicted octanol–water partition coefficient (Wildman–Crippen LogP) is 2.32. The Balaban J connectivity index is 2.50. The van der Waals surface area contributed by atoms with Gasteiger partial charge in [-0.05, 0) is 31.5 Å². The van der Waals surface area contributed by atoms with Gasteiger partial charge in [0.15, 0.2) is 0 Å². The molecule has 0 aliphatic heterocycles. The van der Waals surface area contributed by atoms with Gasteiger partial charge < -0.3 is 15.4 Å². The minimum Gasteiger partial charge on any atom is -0.383 e. The first kappa shape index (κ1) is 15.0. The van der Waals surface area contributed by atoms with Crippen LogP contribution in [0, 0.1) is 6.92 Å². The van der Waals surface area contributed by atoms with Crippen LogP contribution in [0.15, 0.2) is 22.7 Å². The topological polar surface area (TPSA) is 50.4 Å². The van der Waals surface area contributed by atoms with Gasteiger partial charge in [0.25, 0.3) is 0 Å². The van der Waals surface area contributed by atoms with Crippen molar-refractivity contribution in [1.29, 1.82) is 0 Å². The SMILES string of the molecule is COCCNC(=O)C(C)Nc1ccc(C)c(Br)c1. The third kappa shape index (κ3) is 4.66. The third-order valence-corrected chi connectivity index (χ3v) is 3.41. The molecule has 5 heteroatoms. The summed E-state index contributed by atoms with van der Waals surface area (Å²) >= 11 is 3.47. The number of carbonyl (C=O) groups is 1. The molecule has 4 nitrogen and oxygen atoms in total. The van der Waals surface area contributed by atoms with Crippen molar-refractivity contribution in [2.45, 2.75) is 19.9 Å². The van der Waals surface area contributed by atoms with Crippen LogP contribution in [0.2, 0.25) is 0 Å². The number of rotatable bonds is 6. The van der Waals surface area contributed by atoms with Crippen LogP contribution in [0.4, 0.5) is 5.69 Å². The summed E-state index contributed by atoms with van der Waals surface area (Å²) in [6.07, 6.45) is 0. The molecule has 0 saturated heterocycles. The molecule has 18 heavy (non-hydrogen) atoms. The fourth-order valence-electron chi connectivity index (χ4n) is 1.43. The Morgan fingerprint density at radius 3 is 2.83 bits per heavy atom. The summed E-state index contributed by atoms with van der Waals surface area (Å²) in [5, 5.41) is 5.95. The number of benzene rings is 1. The average molecular weight is 315 g/mol. The van der Waals surface area contributed by atoms with Gasteiger partial charge in [0.2, 0.25) is 5.91 Å². The highest BCUT2D eigenvalue weighted by Crippen LogP contribution is 2.21. The summed E-state index contributed by atoms with van der Waals surface area (Å²) in [7, 11) is 1.61. The minimum atomic E-state index is -0.281. The Kier molecular flexibility index (Phi) is 6.15. The van der Waals surface area contributed by atoms with E-state index in [4.69, 9.17) is 4.74 Å². The largest absolute Gasteiger partial charge is 0.383 e. The highest BCUT2D eigenvalue weighted by Gasteiger charge is 2.11. The van der Waals surface area contributed by atoms with Crippen molar-refractivity contribution in [2.24, 2.45) is 0 Å². The Hall–Kier alpha value is -1.07. The van der Waals surface area contributed by atoms with Crippen LogP contribution < -0.4 is 10.6 Å². The molecule has 1 aromatic rings. The minimum absolute atomic E-state index is 0.0382. The van der Waals surface area contributed by atoms with Crippen molar-refractivity contribution in [3.8, 4) is 0 Å². The van der Waals surface area contributed by atoms with Gasteiger partial charge in [-0.15, -0.1) is 0 Å². The lowest BCUT2D eigenvalue weighted by Gasteiger charge is -2.15. The quantitative estimate of drug-likeness (QED) is 0.792. The van der Waals surface area contributed by atoms with E-state index in [1.165, 1.54) is 0 Å². The molecular weight excluding hydrogens is 296 g/mol. The summed E-state index contributed by atoms with van der Waals surface area (Å²) in [6.45, 7) is 4.90. The van der Waals surface area contributed by atoms with Crippen LogP contribution in [0.5, 0.6) is 0 Å². The van der Waals surface area contributed by atoms with Gasteiger partial charge in [-0.25, -0.2) is 0 Å². The first-order chi connectivity index (χ1) is 8.54. The zero-order valence-corrected chi connectivity index (χ0v) is 12.5. The van der Waals surface area contributed by atoms with E-state index in [0.717, 1.165) is 15.7 Å². The van der Waals surface area contributed by atoms with E-state index in [-0.39, 0.29) is 11.9 Å². The summed E-state index contributed by atoms with van der Waals surface area (Å²) in [4.78, 5) is 11.7. The molecular formula is C13H19BrN2O2. The number of hydrogen-bond acceptors (Lipinski definition) is 3. The Morgan fingerprint density at radius 1 is 1.50 bits per heavy atom. The molecule has 0 saturated carbocycles. The molecule has 0 radical (unpaired) electrons. The number of ether oxygens (including phenoxy) is 1. The molecule has 0 bridgehead atoms. The summed E-state index contributed by atoms with van der Waals surface area (Å²) in [5.41, 5.74) is 2.08. The number of hydrogen-bond donors (Lipinski definition) is 2. The maximum Gasteiger partial charge on any atom is 0.242 e. The molecule has 100 valence electrons. The van der Waals surface area contributed by atoms with Crippen LogP contribution in [0.1, 0.15) is 12.5 Å². The maximum absolute atomic E-state index is 11.7. The second kappa shape index (κ2) is 7.38. The standard InChI is InChI=1S/C13H19BrN2O2/c1-9-4-5-11(8-12(9)14)16-10(2)13(17)15-6-7-18-3/h4-5,8,10,16H,6-7H2,1-3H3,(H,15,17). The number of methoxy groups -OCH3 is 1. The molecule has 0 fully saturated rings. The molecule has 0 heterocycles. The van der Waals surface area contributed by atoms with Crippen molar-refractivity contribution >= 4 is 27.5 Å². The van der Waals surface area contributed by atoms with Gasteiger partial charge in [0, 0.05) is 23.8 Å². The van der Waals surface area contributed by atoms with Crippen molar-refractivity contribution in [3.05, 3.63) is 28.2 Å². The molecule has 0 aliphatic carbocycles. The first-order valence-electron chi connectivity index (χ1n) is 5.84. The normalized spacial score (nSPS) is 12.0. The molecule has 1 amide bonds. The Labute approximate surface area is 116 Å². The van der Waals surface area contributed by atoms with E-state index in [9.17, 15) is 4.79 Å². The van der Waals surface area contributed by atoms with Crippen molar-refractivity contribution < 1.29 is 9.53 Å². The molecule has 1 rings (SSSR count). The van der Waals surface area contributed by atoms with Gasteiger partial charge >= 0.3 is 0 Å². The van der Waals surface area contributed by atoms with Gasteiger partial charge in [0.05, 0.1) is 6.61 Å². The Bertz CT molecular complexity index is 410. The molecule has 1 unspecified atom stereocenters. The fraction of sp³-hybridized carbons (Fsp3) is 0.462. The molecule has 0 aliphatic rings. The lowest BCUT2D eigenvalue weighted by Crippen LogP contribution is -2.39. The number of amides is 1. The van der Waals surface area contributed by atoms with Gasteiger partial charge in [-0.3, -0.25) is 4.79 Å². The van der Waals surface area contributed by atoms with E-state index in [1.54, 1.807) is 7.11 Å². The van der Waals surface area contributed by atoms with Gasteiger partial charge in [0.1, 0.15) is 6.04 Å². The fourth-order valence-corrected chi connectivity index (χ4v) is 1.81. The Morgan fingerprint density at radius 2 is 2.22 bits per heavy atom. The first-order valence-corrected chi connectivity index (χ1v) is 6.63. The second-order valence-corrected chi connectivity index (χ2v) is 4.97. The number of anilines is 1. The monoisotopic (exact) mass is 314 g/mol. The molecule has 0 spiro atoms. The predicted molar refractivity (Wildman–Crippen MR) is 76.8 cm³/mol. The number of carbonyl (C=O) groups excluding carboxylic acids is 1. The highest BCUT2D eigenvalue weighted by atomic mass is 79.9. The zero-order chi connectivity index (χ0) is 13.5.